The molecule has 1 aliphatic heterocycles. The molecule has 2 amide bonds. The van der Waals surface area contributed by atoms with Crippen molar-refractivity contribution >= 4 is 11.8 Å². The zero-order chi connectivity index (χ0) is 20.3. The Hall–Kier alpha value is -3.04. The molecule has 0 radical (unpaired) electrons. The largest absolute Gasteiger partial charge is 0.348 e. The van der Waals surface area contributed by atoms with Gasteiger partial charge in [-0.3, -0.25) is 14.2 Å². The van der Waals surface area contributed by atoms with Crippen molar-refractivity contribution in [1.29, 1.82) is 0 Å². The maximum Gasteiger partial charge on any atom is 0.348 e. The fourth-order valence-corrected chi connectivity index (χ4v) is 3.30. The Labute approximate surface area is 161 Å². The van der Waals surface area contributed by atoms with Gasteiger partial charge in [-0.25, -0.2) is 4.79 Å². The van der Waals surface area contributed by atoms with Gasteiger partial charge in [-0.15, -0.1) is 0 Å². The predicted octanol–water partition coefficient (Wildman–Crippen LogP) is 0.285. The van der Waals surface area contributed by atoms with Gasteiger partial charge in [0.15, 0.2) is 5.82 Å². The summed E-state index contributed by atoms with van der Waals surface area (Å²) in [5.74, 6) is 0.785. The standard InChI is InChI=1S/C18H24N6O4/c1-11-8-12(2)24(18(27)20-11)10-15(26)19-9-16-21-17(22-28-16)14-4-6-23(7-5-14)13(3)25/h8,14H,4-7,9-10H2,1-3H3,(H,19,26). The van der Waals surface area contributed by atoms with Crippen LogP contribution in [0.5, 0.6) is 0 Å². The third kappa shape index (κ3) is 4.62. The minimum Gasteiger partial charge on any atom is -0.345 e. The minimum atomic E-state index is -0.454. The van der Waals surface area contributed by atoms with Crippen molar-refractivity contribution in [1.82, 2.24) is 29.9 Å². The summed E-state index contributed by atoms with van der Waals surface area (Å²) < 4.78 is 6.53. The zero-order valence-electron chi connectivity index (χ0n) is 16.3. The number of carbonyl (C=O) groups excluding carboxylic acids is 2. The highest BCUT2D eigenvalue weighted by molar-refractivity contribution is 5.75. The van der Waals surface area contributed by atoms with Gasteiger partial charge >= 0.3 is 5.69 Å². The molecule has 1 saturated heterocycles. The quantitative estimate of drug-likeness (QED) is 0.780. The molecule has 150 valence electrons. The van der Waals surface area contributed by atoms with E-state index in [1.807, 2.05) is 4.90 Å². The molecular weight excluding hydrogens is 364 g/mol. The summed E-state index contributed by atoms with van der Waals surface area (Å²) in [7, 11) is 0. The zero-order valence-corrected chi connectivity index (χ0v) is 16.3. The van der Waals surface area contributed by atoms with Crippen LogP contribution in [0.25, 0.3) is 0 Å². The molecule has 28 heavy (non-hydrogen) atoms. The number of likely N-dealkylation sites (tertiary alicyclic amines) is 1. The Kier molecular flexibility index (Phi) is 5.86. The summed E-state index contributed by atoms with van der Waals surface area (Å²) in [5.41, 5.74) is 0.834. The predicted molar refractivity (Wildman–Crippen MR) is 98.3 cm³/mol. The number of rotatable bonds is 5. The number of carbonyl (C=O) groups is 2. The second kappa shape index (κ2) is 8.32. The van der Waals surface area contributed by atoms with Crippen molar-refractivity contribution in [2.75, 3.05) is 13.1 Å². The number of aromatic nitrogens is 4. The van der Waals surface area contributed by atoms with E-state index in [0.717, 1.165) is 12.8 Å². The van der Waals surface area contributed by atoms with Gasteiger partial charge in [0.25, 0.3) is 0 Å². The average molecular weight is 388 g/mol. The molecule has 0 aliphatic carbocycles. The van der Waals surface area contributed by atoms with Crippen LogP contribution >= 0.6 is 0 Å². The van der Waals surface area contributed by atoms with Crippen LogP contribution in [0.2, 0.25) is 0 Å². The molecule has 1 N–H and O–H groups in total. The lowest BCUT2D eigenvalue weighted by Gasteiger charge is -2.29. The lowest BCUT2D eigenvalue weighted by atomic mass is 9.96. The van der Waals surface area contributed by atoms with Gasteiger partial charge in [-0.05, 0) is 32.8 Å². The van der Waals surface area contributed by atoms with Crippen LogP contribution in [0.1, 0.15) is 48.8 Å². The highest BCUT2D eigenvalue weighted by Crippen LogP contribution is 2.25. The fraction of sp³-hybridized carbons (Fsp3) is 0.556. The van der Waals surface area contributed by atoms with E-state index in [1.54, 1.807) is 26.8 Å². The van der Waals surface area contributed by atoms with Crippen molar-refractivity contribution in [3.8, 4) is 0 Å². The van der Waals surface area contributed by atoms with E-state index in [0.29, 0.717) is 36.2 Å². The third-order valence-corrected chi connectivity index (χ3v) is 4.87. The number of piperidine rings is 1. The minimum absolute atomic E-state index is 0.0769. The van der Waals surface area contributed by atoms with Crippen molar-refractivity contribution < 1.29 is 14.1 Å². The molecule has 0 saturated carbocycles. The topological polar surface area (TPSA) is 123 Å². The summed E-state index contributed by atoms with van der Waals surface area (Å²) >= 11 is 0. The Morgan fingerprint density at radius 1 is 1.25 bits per heavy atom. The summed E-state index contributed by atoms with van der Waals surface area (Å²) in [6.45, 7) is 6.38. The van der Waals surface area contributed by atoms with Gasteiger partial charge in [0.2, 0.25) is 17.7 Å². The lowest BCUT2D eigenvalue weighted by molar-refractivity contribution is -0.129. The van der Waals surface area contributed by atoms with Crippen molar-refractivity contribution in [2.24, 2.45) is 0 Å². The van der Waals surface area contributed by atoms with Crippen LogP contribution in [0.4, 0.5) is 0 Å². The Morgan fingerprint density at radius 3 is 2.61 bits per heavy atom. The second-order valence-corrected chi connectivity index (χ2v) is 7.01. The van der Waals surface area contributed by atoms with E-state index in [-0.39, 0.29) is 30.8 Å². The molecular formula is C18H24N6O4. The normalized spacial score (nSPS) is 14.9. The molecule has 0 spiro atoms. The molecule has 0 unspecified atom stereocenters. The first-order valence-corrected chi connectivity index (χ1v) is 9.23. The van der Waals surface area contributed by atoms with E-state index in [2.05, 4.69) is 20.4 Å². The number of aryl methyl sites for hydroxylation is 2. The molecule has 0 aromatic carbocycles. The first kappa shape index (κ1) is 19.7. The van der Waals surface area contributed by atoms with Crippen LogP contribution in [-0.2, 0) is 22.7 Å². The first-order valence-electron chi connectivity index (χ1n) is 9.23. The first-order chi connectivity index (χ1) is 13.3. The van der Waals surface area contributed by atoms with E-state index in [9.17, 15) is 14.4 Å². The average Bonchev–Trinajstić information content (AvgIpc) is 3.12. The summed E-state index contributed by atoms with van der Waals surface area (Å²) in [6.07, 6.45) is 1.57. The van der Waals surface area contributed by atoms with Crippen LogP contribution in [0.15, 0.2) is 15.4 Å². The monoisotopic (exact) mass is 388 g/mol. The Balaban J connectivity index is 1.53. The summed E-state index contributed by atoms with van der Waals surface area (Å²) in [5, 5.41) is 6.68. The van der Waals surface area contributed by atoms with Gasteiger partial charge in [-0.2, -0.15) is 9.97 Å². The molecule has 2 aromatic heterocycles. The van der Waals surface area contributed by atoms with Gasteiger partial charge in [0.05, 0.1) is 6.54 Å². The van der Waals surface area contributed by atoms with Crippen LogP contribution in [0, 0.1) is 13.8 Å². The van der Waals surface area contributed by atoms with Crippen LogP contribution < -0.4 is 11.0 Å². The molecule has 0 bridgehead atoms. The molecule has 0 atom stereocenters. The van der Waals surface area contributed by atoms with Gasteiger partial charge in [-0.1, -0.05) is 5.16 Å². The number of hydrogen-bond donors (Lipinski definition) is 1. The Morgan fingerprint density at radius 2 is 1.96 bits per heavy atom. The van der Waals surface area contributed by atoms with E-state index >= 15 is 0 Å². The van der Waals surface area contributed by atoms with E-state index in [4.69, 9.17) is 4.52 Å². The molecule has 1 fully saturated rings. The highest BCUT2D eigenvalue weighted by atomic mass is 16.5. The second-order valence-electron chi connectivity index (χ2n) is 7.01. The molecule has 1 aliphatic rings. The van der Waals surface area contributed by atoms with Gasteiger partial charge in [0, 0.05) is 37.3 Å². The van der Waals surface area contributed by atoms with Crippen LogP contribution in [0.3, 0.4) is 0 Å². The summed E-state index contributed by atoms with van der Waals surface area (Å²) in [6, 6.07) is 1.75. The van der Waals surface area contributed by atoms with Crippen molar-refractivity contribution in [2.45, 2.75) is 52.6 Å². The van der Waals surface area contributed by atoms with Crippen LogP contribution in [-0.4, -0.2) is 49.5 Å². The fourth-order valence-electron chi connectivity index (χ4n) is 3.30. The summed E-state index contributed by atoms with van der Waals surface area (Å²) in [4.78, 5) is 45.5. The van der Waals surface area contributed by atoms with E-state index in [1.165, 1.54) is 4.57 Å². The lowest BCUT2D eigenvalue weighted by Crippen LogP contribution is -2.36. The molecule has 3 heterocycles. The smallest absolute Gasteiger partial charge is 0.345 e. The number of nitrogens with one attached hydrogen (secondary N) is 1. The van der Waals surface area contributed by atoms with E-state index < -0.39 is 5.69 Å². The SMILES string of the molecule is CC(=O)N1CCC(c2noc(CNC(=O)Cn3c(C)cc(C)nc3=O)n2)CC1. The highest BCUT2D eigenvalue weighted by Gasteiger charge is 2.25. The number of hydrogen-bond acceptors (Lipinski definition) is 7. The molecule has 10 heteroatoms. The molecule has 10 nitrogen and oxygen atoms in total. The Bertz CT molecular complexity index is 926. The van der Waals surface area contributed by atoms with Crippen molar-refractivity contribution in [3.63, 3.8) is 0 Å². The maximum absolute atomic E-state index is 12.2. The molecule has 3 rings (SSSR count). The van der Waals surface area contributed by atoms with Gasteiger partial charge < -0.3 is 14.7 Å². The number of amides is 2. The molecule has 2 aromatic rings. The maximum atomic E-state index is 12.2. The third-order valence-electron chi connectivity index (χ3n) is 4.87. The van der Waals surface area contributed by atoms with Crippen molar-refractivity contribution in [3.05, 3.63) is 39.7 Å². The number of nitrogens with zero attached hydrogens (tertiary/aromatic N) is 5. The van der Waals surface area contributed by atoms with Gasteiger partial charge in [0.1, 0.15) is 6.54 Å².